The third-order valence-corrected chi connectivity index (χ3v) is 4.37. The Balaban J connectivity index is 2.59. The van der Waals surface area contributed by atoms with Crippen LogP contribution in [0.4, 0.5) is 0 Å². The lowest BCUT2D eigenvalue weighted by Crippen LogP contribution is -2.41. The molecule has 0 aromatic rings. The van der Waals surface area contributed by atoms with E-state index < -0.39 is 9.84 Å². The van der Waals surface area contributed by atoms with Crippen LogP contribution >= 0.6 is 12.2 Å². The number of hydrogen-bond donors (Lipinski definition) is 1. The zero-order valence-electron chi connectivity index (χ0n) is 8.27. The van der Waals surface area contributed by atoms with Crippen molar-refractivity contribution in [1.29, 1.82) is 0 Å². The maximum absolute atomic E-state index is 11.3. The number of nitrogens with two attached hydrogens (primary N) is 1. The molecule has 0 aromatic heterocycles. The Morgan fingerprint density at radius 3 is 2.64 bits per heavy atom. The lowest BCUT2D eigenvalue weighted by Gasteiger charge is -2.25. The van der Waals surface area contributed by atoms with Crippen molar-refractivity contribution in [1.82, 2.24) is 4.90 Å². The third kappa shape index (κ3) is 3.18. The predicted octanol–water partition coefficient (Wildman–Crippen LogP) is -0.218. The Hall–Kier alpha value is -0.200. The molecule has 0 aromatic carbocycles. The molecule has 1 fully saturated rings. The van der Waals surface area contributed by atoms with E-state index in [2.05, 4.69) is 0 Å². The fourth-order valence-electron chi connectivity index (χ4n) is 1.76. The van der Waals surface area contributed by atoms with Crippen LogP contribution in [0.3, 0.4) is 0 Å². The van der Waals surface area contributed by atoms with Gasteiger partial charge in [-0.25, -0.2) is 8.42 Å². The second kappa shape index (κ2) is 4.55. The number of hydrogen-bond acceptors (Lipinski definition) is 4. The van der Waals surface area contributed by atoms with Gasteiger partial charge in [-0.1, -0.05) is 19.1 Å². The Bertz CT molecular complexity index is 313. The van der Waals surface area contributed by atoms with Crippen LogP contribution in [0.15, 0.2) is 0 Å². The quantitative estimate of drug-likeness (QED) is 0.684. The molecule has 1 aliphatic rings. The van der Waals surface area contributed by atoms with Crippen molar-refractivity contribution < 1.29 is 8.42 Å². The van der Waals surface area contributed by atoms with E-state index in [9.17, 15) is 8.42 Å². The maximum Gasteiger partial charge on any atom is 0.151 e. The highest BCUT2D eigenvalue weighted by molar-refractivity contribution is 7.91. The van der Waals surface area contributed by atoms with E-state index in [-0.39, 0.29) is 11.8 Å². The van der Waals surface area contributed by atoms with Crippen molar-refractivity contribution in [2.45, 2.75) is 19.4 Å². The highest BCUT2D eigenvalue weighted by Crippen LogP contribution is 2.17. The summed E-state index contributed by atoms with van der Waals surface area (Å²) in [6.07, 6.45) is 0.707. The van der Waals surface area contributed by atoms with E-state index >= 15 is 0 Å². The molecule has 0 saturated carbocycles. The molecule has 1 unspecified atom stereocenters. The molecular weight excluding hydrogens is 220 g/mol. The van der Waals surface area contributed by atoms with Crippen LogP contribution in [0.2, 0.25) is 0 Å². The van der Waals surface area contributed by atoms with Gasteiger partial charge in [0.1, 0.15) is 0 Å². The van der Waals surface area contributed by atoms with E-state index in [0.717, 1.165) is 6.54 Å². The average Bonchev–Trinajstić information content (AvgIpc) is 2.41. The first-order chi connectivity index (χ1) is 6.44. The fraction of sp³-hybridized carbons (Fsp3) is 0.875. The van der Waals surface area contributed by atoms with Gasteiger partial charge in [0, 0.05) is 12.6 Å². The van der Waals surface area contributed by atoms with Crippen LogP contribution in [-0.2, 0) is 9.84 Å². The summed E-state index contributed by atoms with van der Waals surface area (Å²) >= 11 is 4.82. The summed E-state index contributed by atoms with van der Waals surface area (Å²) in [6.45, 7) is 3.30. The van der Waals surface area contributed by atoms with Gasteiger partial charge >= 0.3 is 0 Å². The molecule has 2 N–H and O–H groups in total. The summed E-state index contributed by atoms with van der Waals surface area (Å²) in [6, 6.07) is 0.103. The van der Waals surface area contributed by atoms with Gasteiger partial charge in [0.05, 0.1) is 16.5 Å². The van der Waals surface area contributed by atoms with Crippen molar-refractivity contribution >= 4 is 27.0 Å². The van der Waals surface area contributed by atoms with Gasteiger partial charge in [-0.2, -0.15) is 0 Å². The Morgan fingerprint density at radius 1 is 1.64 bits per heavy atom. The van der Waals surface area contributed by atoms with E-state index in [1.165, 1.54) is 0 Å². The second-order valence-electron chi connectivity index (χ2n) is 3.59. The number of likely N-dealkylation sites (N-methyl/N-ethyl adjacent to an activating group) is 1. The number of nitrogens with zero attached hydrogens (tertiary/aromatic N) is 1. The molecule has 1 heterocycles. The zero-order valence-corrected chi connectivity index (χ0v) is 9.90. The summed E-state index contributed by atoms with van der Waals surface area (Å²) in [5.41, 5.74) is 5.44. The molecule has 1 rings (SSSR count). The molecule has 6 heteroatoms. The highest BCUT2D eigenvalue weighted by atomic mass is 32.2. The molecule has 1 saturated heterocycles. The van der Waals surface area contributed by atoms with E-state index in [4.69, 9.17) is 18.0 Å². The molecule has 0 aliphatic carbocycles. The monoisotopic (exact) mass is 236 g/mol. The number of thiocarbonyl (C=S) groups is 1. The molecule has 14 heavy (non-hydrogen) atoms. The Kier molecular flexibility index (Phi) is 3.86. The van der Waals surface area contributed by atoms with Crippen molar-refractivity contribution in [3.8, 4) is 0 Å². The van der Waals surface area contributed by atoms with Crippen LogP contribution in [0, 0.1) is 0 Å². The first-order valence-corrected chi connectivity index (χ1v) is 6.90. The van der Waals surface area contributed by atoms with Gasteiger partial charge in [-0.3, -0.25) is 4.90 Å². The Labute approximate surface area is 90.4 Å². The minimum Gasteiger partial charge on any atom is -0.392 e. The molecule has 0 spiro atoms. The van der Waals surface area contributed by atoms with Crippen LogP contribution in [0.5, 0.6) is 0 Å². The van der Waals surface area contributed by atoms with E-state index in [1.807, 2.05) is 11.8 Å². The van der Waals surface area contributed by atoms with Gasteiger partial charge in [0.2, 0.25) is 0 Å². The summed E-state index contributed by atoms with van der Waals surface area (Å²) in [5.74, 6) is 0.551. The second-order valence-corrected chi connectivity index (χ2v) is 6.34. The minimum absolute atomic E-state index is 0.103. The van der Waals surface area contributed by atoms with Crippen LogP contribution in [0.25, 0.3) is 0 Å². The topological polar surface area (TPSA) is 63.4 Å². The lowest BCUT2D eigenvalue weighted by molar-refractivity contribution is 0.256. The van der Waals surface area contributed by atoms with Gasteiger partial charge < -0.3 is 5.73 Å². The summed E-state index contributed by atoms with van der Waals surface area (Å²) < 4.78 is 22.5. The molecule has 1 aliphatic heterocycles. The van der Waals surface area contributed by atoms with Crippen molar-refractivity contribution in [3.05, 3.63) is 0 Å². The SMILES string of the molecule is CCN(CC(N)=S)C1CCS(=O)(=O)C1. The predicted molar refractivity (Wildman–Crippen MR) is 61.1 cm³/mol. The smallest absolute Gasteiger partial charge is 0.151 e. The molecule has 82 valence electrons. The van der Waals surface area contributed by atoms with E-state index in [0.29, 0.717) is 23.7 Å². The molecule has 0 bridgehead atoms. The first-order valence-electron chi connectivity index (χ1n) is 4.67. The van der Waals surface area contributed by atoms with Crippen molar-refractivity contribution in [3.63, 3.8) is 0 Å². The van der Waals surface area contributed by atoms with Gasteiger partial charge in [-0.05, 0) is 13.0 Å². The molecular formula is C8H16N2O2S2. The fourth-order valence-corrected chi connectivity index (χ4v) is 3.69. The first kappa shape index (κ1) is 11.9. The normalized spacial score (nSPS) is 25.4. The van der Waals surface area contributed by atoms with Gasteiger partial charge in [0.25, 0.3) is 0 Å². The number of rotatable bonds is 4. The van der Waals surface area contributed by atoms with E-state index in [1.54, 1.807) is 0 Å². The average molecular weight is 236 g/mol. The third-order valence-electron chi connectivity index (χ3n) is 2.49. The summed E-state index contributed by atoms with van der Waals surface area (Å²) in [5, 5.41) is 0. The molecule has 0 radical (unpaired) electrons. The molecule has 0 amide bonds. The van der Waals surface area contributed by atoms with Crippen LogP contribution in [-0.4, -0.2) is 48.9 Å². The standard InChI is InChI=1S/C8H16N2O2S2/c1-2-10(5-8(9)13)7-3-4-14(11,12)6-7/h7H,2-6H2,1H3,(H2,9,13). The van der Waals surface area contributed by atoms with Crippen LogP contribution < -0.4 is 5.73 Å². The maximum atomic E-state index is 11.3. The van der Waals surface area contributed by atoms with Crippen molar-refractivity contribution in [2.75, 3.05) is 24.6 Å². The van der Waals surface area contributed by atoms with Gasteiger partial charge in [-0.15, -0.1) is 0 Å². The molecule has 4 nitrogen and oxygen atoms in total. The summed E-state index contributed by atoms with van der Waals surface area (Å²) in [4.78, 5) is 2.46. The Morgan fingerprint density at radius 2 is 2.29 bits per heavy atom. The van der Waals surface area contributed by atoms with Crippen LogP contribution in [0.1, 0.15) is 13.3 Å². The zero-order chi connectivity index (χ0) is 10.8. The van der Waals surface area contributed by atoms with Gasteiger partial charge in [0.15, 0.2) is 9.84 Å². The van der Waals surface area contributed by atoms with Crippen molar-refractivity contribution in [2.24, 2.45) is 5.73 Å². The number of sulfone groups is 1. The largest absolute Gasteiger partial charge is 0.392 e. The summed E-state index contributed by atoms with van der Waals surface area (Å²) in [7, 11) is -2.81. The minimum atomic E-state index is -2.81. The lowest BCUT2D eigenvalue weighted by atomic mass is 10.2. The highest BCUT2D eigenvalue weighted by Gasteiger charge is 2.31. The molecule has 1 atom stereocenters.